The molecule has 0 radical (unpaired) electrons. The quantitative estimate of drug-likeness (QED) is 0.489. The SMILES string of the molecule is Cc1cc(Cl)c(-n2cccn2)c2c(=O)nc(-c3ncccc3Br)oc12. The Morgan fingerprint density at radius 2 is 2.12 bits per heavy atom. The molecule has 1 aromatic carbocycles. The first kappa shape index (κ1) is 16.0. The summed E-state index contributed by atoms with van der Waals surface area (Å²) in [5, 5.41) is 4.85. The van der Waals surface area contributed by atoms with E-state index in [-0.39, 0.29) is 11.3 Å². The molecule has 0 bridgehead atoms. The van der Waals surface area contributed by atoms with Gasteiger partial charge in [-0.2, -0.15) is 10.1 Å². The van der Waals surface area contributed by atoms with Gasteiger partial charge in [-0.25, -0.2) is 9.67 Å². The van der Waals surface area contributed by atoms with E-state index in [0.29, 0.717) is 26.5 Å². The molecule has 0 saturated heterocycles. The maximum atomic E-state index is 12.8. The number of aromatic nitrogens is 4. The Morgan fingerprint density at radius 1 is 1.28 bits per heavy atom. The van der Waals surface area contributed by atoms with Crippen LogP contribution in [0.5, 0.6) is 0 Å². The van der Waals surface area contributed by atoms with Crippen LogP contribution in [0.3, 0.4) is 0 Å². The van der Waals surface area contributed by atoms with Crippen LogP contribution in [-0.4, -0.2) is 19.7 Å². The molecule has 0 saturated carbocycles. The predicted octanol–water partition coefficient (Wildman–Crippen LogP) is 4.16. The largest absolute Gasteiger partial charge is 0.436 e. The fourth-order valence-corrected chi connectivity index (χ4v) is 3.38. The van der Waals surface area contributed by atoms with Crippen molar-refractivity contribution < 1.29 is 4.42 Å². The van der Waals surface area contributed by atoms with Gasteiger partial charge in [0, 0.05) is 23.1 Å². The van der Waals surface area contributed by atoms with Crippen LogP contribution in [0, 0.1) is 6.92 Å². The number of benzene rings is 1. The summed E-state index contributed by atoms with van der Waals surface area (Å²) in [4.78, 5) is 21.1. The molecule has 124 valence electrons. The zero-order chi connectivity index (χ0) is 17.6. The number of hydrogen-bond acceptors (Lipinski definition) is 5. The van der Waals surface area contributed by atoms with E-state index in [1.807, 2.05) is 6.92 Å². The van der Waals surface area contributed by atoms with Crippen molar-refractivity contribution in [3.8, 4) is 17.3 Å². The summed E-state index contributed by atoms with van der Waals surface area (Å²) in [6.45, 7) is 1.82. The van der Waals surface area contributed by atoms with Crippen molar-refractivity contribution in [1.29, 1.82) is 0 Å². The first-order chi connectivity index (χ1) is 12.1. The van der Waals surface area contributed by atoms with Gasteiger partial charge in [0.2, 0.25) is 5.89 Å². The number of hydrogen-bond donors (Lipinski definition) is 0. The molecule has 8 heteroatoms. The van der Waals surface area contributed by atoms with Gasteiger partial charge < -0.3 is 4.42 Å². The molecule has 0 aliphatic heterocycles. The standard InChI is InChI=1S/C17H10BrClN4O2/c1-9-8-11(19)14(23-7-3-6-21-23)12-15(9)25-17(22-16(12)24)13-10(18)4-2-5-20-13/h2-8H,1H3. The van der Waals surface area contributed by atoms with Crippen molar-refractivity contribution in [2.75, 3.05) is 0 Å². The average Bonchev–Trinajstić information content (AvgIpc) is 3.10. The highest BCUT2D eigenvalue weighted by Gasteiger charge is 2.20. The van der Waals surface area contributed by atoms with Gasteiger partial charge in [-0.05, 0) is 52.7 Å². The lowest BCUT2D eigenvalue weighted by Crippen LogP contribution is -2.12. The van der Waals surface area contributed by atoms with Crippen molar-refractivity contribution in [1.82, 2.24) is 19.7 Å². The first-order valence-corrected chi connectivity index (χ1v) is 8.48. The summed E-state index contributed by atoms with van der Waals surface area (Å²) in [6, 6.07) is 7.06. The Kier molecular flexibility index (Phi) is 3.89. The topological polar surface area (TPSA) is 73.8 Å². The molecule has 0 aliphatic rings. The summed E-state index contributed by atoms with van der Waals surface area (Å²) >= 11 is 9.76. The highest BCUT2D eigenvalue weighted by molar-refractivity contribution is 9.10. The molecule has 4 aromatic rings. The van der Waals surface area contributed by atoms with E-state index >= 15 is 0 Å². The smallest absolute Gasteiger partial charge is 0.286 e. The summed E-state index contributed by atoms with van der Waals surface area (Å²) < 4.78 is 8.14. The highest BCUT2D eigenvalue weighted by atomic mass is 79.9. The lowest BCUT2D eigenvalue weighted by Gasteiger charge is -2.11. The molecular formula is C17H10BrClN4O2. The van der Waals surface area contributed by atoms with E-state index in [0.717, 1.165) is 5.56 Å². The number of pyridine rings is 1. The average molecular weight is 418 g/mol. The van der Waals surface area contributed by atoms with E-state index < -0.39 is 5.56 Å². The second-order valence-corrected chi connectivity index (χ2v) is 6.60. The summed E-state index contributed by atoms with van der Waals surface area (Å²) in [5.74, 6) is 0.141. The van der Waals surface area contributed by atoms with Crippen molar-refractivity contribution >= 4 is 38.5 Å². The monoisotopic (exact) mass is 416 g/mol. The van der Waals surface area contributed by atoms with Crippen LogP contribution in [0.1, 0.15) is 5.56 Å². The van der Waals surface area contributed by atoms with Crippen molar-refractivity contribution in [2.45, 2.75) is 6.92 Å². The lowest BCUT2D eigenvalue weighted by atomic mass is 10.1. The maximum Gasteiger partial charge on any atom is 0.286 e. The van der Waals surface area contributed by atoms with Crippen LogP contribution in [0.2, 0.25) is 5.02 Å². The number of nitrogens with zero attached hydrogens (tertiary/aromatic N) is 4. The first-order valence-electron chi connectivity index (χ1n) is 7.31. The Bertz CT molecular complexity index is 1160. The van der Waals surface area contributed by atoms with Crippen LogP contribution in [0.15, 0.2) is 56.5 Å². The number of fused-ring (bicyclic) bond motifs is 1. The summed E-state index contributed by atoms with van der Waals surface area (Å²) in [5.41, 5.74) is 1.58. The zero-order valence-corrected chi connectivity index (χ0v) is 15.2. The van der Waals surface area contributed by atoms with E-state index in [9.17, 15) is 4.79 Å². The number of aryl methyl sites for hydroxylation is 1. The van der Waals surface area contributed by atoms with Crippen molar-refractivity contribution in [3.63, 3.8) is 0 Å². The molecule has 25 heavy (non-hydrogen) atoms. The molecule has 6 nitrogen and oxygen atoms in total. The maximum absolute atomic E-state index is 12.8. The van der Waals surface area contributed by atoms with Crippen LogP contribution >= 0.6 is 27.5 Å². The van der Waals surface area contributed by atoms with Gasteiger partial charge in [0.1, 0.15) is 16.7 Å². The van der Waals surface area contributed by atoms with Crippen molar-refractivity contribution in [2.24, 2.45) is 0 Å². The number of rotatable bonds is 2. The Morgan fingerprint density at radius 3 is 2.84 bits per heavy atom. The van der Waals surface area contributed by atoms with Gasteiger partial charge in [-0.1, -0.05) is 11.6 Å². The molecule has 0 amide bonds. The third-order valence-corrected chi connectivity index (χ3v) is 4.63. The molecule has 0 atom stereocenters. The van der Waals surface area contributed by atoms with E-state index in [4.69, 9.17) is 16.0 Å². The minimum atomic E-state index is -0.454. The fourth-order valence-electron chi connectivity index (χ4n) is 2.62. The van der Waals surface area contributed by atoms with Gasteiger partial charge in [-0.3, -0.25) is 4.79 Å². The third-order valence-electron chi connectivity index (χ3n) is 3.70. The molecule has 3 aromatic heterocycles. The van der Waals surface area contributed by atoms with Crippen LogP contribution in [-0.2, 0) is 0 Å². The second kappa shape index (κ2) is 6.09. The molecular weight excluding hydrogens is 408 g/mol. The zero-order valence-electron chi connectivity index (χ0n) is 12.9. The number of halogens is 2. The predicted molar refractivity (Wildman–Crippen MR) is 98.1 cm³/mol. The molecule has 0 N–H and O–H groups in total. The van der Waals surface area contributed by atoms with E-state index in [2.05, 4.69) is 31.0 Å². The summed E-state index contributed by atoms with van der Waals surface area (Å²) in [7, 11) is 0. The normalized spacial score (nSPS) is 11.2. The molecule has 0 unspecified atom stereocenters. The van der Waals surface area contributed by atoms with Crippen LogP contribution < -0.4 is 5.56 Å². The Hall–Kier alpha value is -2.51. The summed E-state index contributed by atoms with van der Waals surface area (Å²) in [6.07, 6.45) is 4.92. The molecule has 4 rings (SSSR count). The van der Waals surface area contributed by atoms with Gasteiger partial charge >= 0.3 is 0 Å². The van der Waals surface area contributed by atoms with E-state index in [1.165, 1.54) is 4.68 Å². The highest BCUT2D eigenvalue weighted by Crippen LogP contribution is 2.32. The molecule has 0 spiro atoms. The minimum absolute atomic E-state index is 0.141. The second-order valence-electron chi connectivity index (χ2n) is 5.34. The molecule has 0 aliphatic carbocycles. The molecule has 3 heterocycles. The van der Waals surface area contributed by atoms with Crippen molar-refractivity contribution in [3.05, 3.63) is 68.3 Å². The van der Waals surface area contributed by atoms with Gasteiger partial charge in [0.25, 0.3) is 5.56 Å². The Labute approximate surface area is 155 Å². The van der Waals surface area contributed by atoms with E-state index in [1.54, 1.807) is 42.9 Å². The van der Waals surface area contributed by atoms with Crippen LogP contribution in [0.25, 0.3) is 28.2 Å². The minimum Gasteiger partial charge on any atom is -0.436 e. The Balaban J connectivity index is 2.09. The fraction of sp³-hybridized carbons (Fsp3) is 0.0588. The van der Waals surface area contributed by atoms with Gasteiger partial charge in [-0.15, -0.1) is 0 Å². The van der Waals surface area contributed by atoms with Gasteiger partial charge in [0.15, 0.2) is 0 Å². The van der Waals surface area contributed by atoms with Gasteiger partial charge in [0.05, 0.1) is 10.7 Å². The molecule has 0 fully saturated rings. The lowest BCUT2D eigenvalue weighted by molar-refractivity contribution is 0.588. The third kappa shape index (κ3) is 2.65. The van der Waals surface area contributed by atoms with Crippen LogP contribution in [0.4, 0.5) is 0 Å².